The molecule has 0 saturated carbocycles. The minimum atomic E-state index is -0.761. The molecule has 1 atom stereocenters. The Morgan fingerprint density at radius 1 is 1.29 bits per heavy atom. The highest BCUT2D eigenvalue weighted by atomic mass is 19.1. The highest BCUT2D eigenvalue weighted by Gasteiger charge is 2.25. The Hall–Kier alpha value is -2.89. The number of allylic oxidation sites excluding steroid dienone is 2. The molecule has 6 heteroatoms. The van der Waals surface area contributed by atoms with Crippen LogP contribution in [0.3, 0.4) is 0 Å². The second kappa shape index (κ2) is 8.42. The third-order valence-corrected chi connectivity index (χ3v) is 4.12. The number of alkyl carbamates (subject to hydrolysis) is 1. The largest absolute Gasteiger partial charge is 0.444 e. The third kappa shape index (κ3) is 5.81. The molecular weight excluding hydrogens is 359 g/mol. The summed E-state index contributed by atoms with van der Waals surface area (Å²) in [5.74, 6) is -0.569. The Bertz CT molecular complexity index is 850. The van der Waals surface area contributed by atoms with Crippen molar-refractivity contribution in [2.24, 2.45) is 0 Å². The van der Waals surface area contributed by atoms with Gasteiger partial charge < -0.3 is 15.4 Å². The first kappa shape index (κ1) is 21.4. The number of hydrogen-bond donors (Lipinski definition) is 2. The lowest BCUT2D eigenvalue weighted by Gasteiger charge is -2.27. The van der Waals surface area contributed by atoms with Crippen molar-refractivity contribution in [2.75, 3.05) is 11.9 Å². The summed E-state index contributed by atoms with van der Waals surface area (Å²) >= 11 is 0. The van der Waals surface area contributed by atoms with Gasteiger partial charge in [-0.05, 0) is 51.8 Å². The van der Waals surface area contributed by atoms with Crippen LogP contribution in [0.15, 0.2) is 48.1 Å². The molecule has 1 amide bonds. The number of aldehydes is 1. The number of aryl methyl sites for hydroxylation is 1. The Kier molecular flexibility index (Phi) is 6.44. The number of nitrogens with one attached hydrogen (secondary N) is 2. The molecule has 28 heavy (non-hydrogen) atoms. The second-order valence-corrected chi connectivity index (χ2v) is 7.98. The average Bonchev–Trinajstić information content (AvgIpc) is 2.74. The zero-order valence-corrected chi connectivity index (χ0v) is 16.9. The summed E-state index contributed by atoms with van der Waals surface area (Å²) in [6, 6.07) is 3.30. The molecule has 0 saturated heterocycles. The molecule has 0 bridgehead atoms. The molecule has 1 aliphatic rings. The molecule has 0 aliphatic heterocycles. The van der Waals surface area contributed by atoms with Crippen LogP contribution >= 0.6 is 0 Å². The first-order valence-corrected chi connectivity index (χ1v) is 9.10. The van der Waals surface area contributed by atoms with E-state index in [9.17, 15) is 14.0 Å². The van der Waals surface area contributed by atoms with E-state index in [-0.39, 0.29) is 11.3 Å². The van der Waals surface area contributed by atoms with Crippen LogP contribution in [0.5, 0.6) is 0 Å². The highest BCUT2D eigenvalue weighted by molar-refractivity contribution is 5.80. The van der Waals surface area contributed by atoms with Gasteiger partial charge in [-0.15, -0.1) is 0 Å². The quantitative estimate of drug-likeness (QED) is 0.720. The molecular formula is C22H27FN2O3. The second-order valence-electron chi connectivity index (χ2n) is 7.98. The number of halogens is 1. The van der Waals surface area contributed by atoms with E-state index in [4.69, 9.17) is 4.74 Å². The third-order valence-electron chi connectivity index (χ3n) is 4.12. The molecule has 2 rings (SSSR count). The van der Waals surface area contributed by atoms with Crippen molar-refractivity contribution in [3.8, 4) is 0 Å². The first-order valence-electron chi connectivity index (χ1n) is 9.10. The molecule has 0 heterocycles. The van der Waals surface area contributed by atoms with Crippen LogP contribution in [0.2, 0.25) is 0 Å². The number of ether oxygens (including phenoxy) is 1. The van der Waals surface area contributed by atoms with Crippen molar-refractivity contribution in [1.82, 2.24) is 5.32 Å². The predicted octanol–water partition coefficient (Wildman–Crippen LogP) is 4.69. The molecule has 0 spiro atoms. The molecule has 1 aliphatic carbocycles. The number of hydrogen-bond acceptors (Lipinski definition) is 4. The van der Waals surface area contributed by atoms with Gasteiger partial charge in [-0.3, -0.25) is 4.79 Å². The van der Waals surface area contributed by atoms with E-state index in [2.05, 4.69) is 10.6 Å². The number of benzene rings is 1. The normalized spacial score (nSPS) is 18.9. The zero-order valence-electron chi connectivity index (χ0n) is 16.9. The van der Waals surface area contributed by atoms with E-state index in [0.29, 0.717) is 18.4 Å². The number of anilines is 1. The average molecular weight is 386 g/mol. The Morgan fingerprint density at radius 3 is 2.64 bits per heavy atom. The topological polar surface area (TPSA) is 67.4 Å². The fraction of sp³-hybridized carbons (Fsp3) is 0.364. The van der Waals surface area contributed by atoms with Gasteiger partial charge in [0.25, 0.3) is 0 Å². The number of carbonyl (C=O) groups excluding carboxylic acids is 2. The summed E-state index contributed by atoms with van der Waals surface area (Å²) in [4.78, 5) is 23.3. The Balaban J connectivity index is 2.15. The van der Waals surface area contributed by atoms with Crippen molar-refractivity contribution in [2.45, 2.75) is 45.8 Å². The van der Waals surface area contributed by atoms with Crippen molar-refractivity contribution < 1.29 is 18.7 Å². The Morgan fingerprint density at radius 2 is 2.00 bits per heavy atom. The van der Waals surface area contributed by atoms with E-state index in [0.717, 1.165) is 5.57 Å². The molecule has 0 radical (unpaired) electrons. The molecule has 1 aromatic rings. The van der Waals surface area contributed by atoms with Gasteiger partial charge in [-0.1, -0.05) is 36.4 Å². The lowest BCUT2D eigenvalue weighted by molar-refractivity contribution is 0.0499. The van der Waals surface area contributed by atoms with Crippen LogP contribution in [0.25, 0.3) is 0 Å². The lowest BCUT2D eigenvalue weighted by atomic mass is 9.99. The van der Waals surface area contributed by atoms with Crippen molar-refractivity contribution in [1.29, 1.82) is 0 Å². The van der Waals surface area contributed by atoms with Gasteiger partial charge in [0.15, 0.2) is 12.1 Å². The smallest absolute Gasteiger partial charge is 0.408 e. The van der Waals surface area contributed by atoms with Gasteiger partial charge in [0.2, 0.25) is 0 Å². The number of rotatable bonds is 5. The number of carbonyl (C=O) groups is 2. The van der Waals surface area contributed by atoms with Crippen molar-refractivity contribution >= 4 is 18.1 Å². The van der Waals surface area contributed by atoms with Crippen LogP contribution in [0.4, 0.5) is 14.9 Å². The standard InChI is InChI=1S/C22H27FN2O3/c1-15-9-10-18(19(23)17(15)14-26)24-13-16-8-6-7-11-22(5,12-16)25-20(27)28-21(2,3)4/h6-12,14,24H,13H2,1-5H3,(H,25,27). The minimum Gasteiger partial charge on any atom is -0.444 e. The predicted molar refractivity (Wildman–Crippen MR) is 109 cm³/mol. The van der Waals surface area contributed by atoms with E-state index in [1.807, 2.05) is 37.3 Å². The maximum Gasteiger partial charge on any atom is 0.408 e. The van der Waals surface area contributed by atoms with Crippen molar-refractivity contribution in [3.05, 3.63) is 65.0 Å². The molecule has 2 N–H and O–H groups in total. The molecule has 150 valence electrons. The summed E-state index contributed by atoms with van der Waals surface area (Å²) in [7, 11) is 0. The van der Waals surface area contributed by atoms with E-state index in [1.54, 1.807) is 39.8 Å². The number of amides is 1. The van der Waals surface area contributed by atoms with Gasteiger partial charge in [-0.25, -0.2) is 9.18 Å². The lowest BCUT2D eigenvalue weighted by Crippen LogP contribution is -2.45. The van der Waals surface area contributed by atoms with Crippen LogP contribution < -0.4 is 10.6 Å². The summed E-state index contributed by atoms with van der Waals surface area (Å²) in [5.41, 5.74) is 0.374. The van der Waals surface area contributed by atoms with Gasteiger partial charge in [0.05, 0.1) is 16.8 Å². The fourth-order valence-corrected chi connectivity index (χ4v) is 2.80. The van der Waals surface area contributed by atoms with Gasteiger partial charge in [0.1, 0.15) is 5.60 Å². The van der Waals surface area contributed by atoms with E-state index < -0.39 is 23.1 Å². The van der Waals surface area contributed by atoms with Gasteiger partial charge in [0, 0.05) is 6.54 Å². The SMILES string of the molecule is Cc1ccc(NCC2=CC(C)(NC(=O)OC(C)(C)C)C=CC=C2)c(F)c1C=O. The van der Waals surface area contributed by atoms with Crippen LogP contribution in [0, 0.1) is 12.7 Å². The zero-order chi connectivity index (χ0) is 20.9. The fourth-order valence-electron chi connectivity index (χ4n) is 2.80. The van der Waals surface area contributed by atoms with E-state index in [1.165, 1.54) is 0 Å². The van der Waals surface area contributed by atoms with E-state index >= 15 is 0 Å². The van der Waals surface area contributed by atoms with Gasteiger partial charge >= 0.3 is 6.09 Å². The molecule has 1 aromatic carbocycles. The van der Waals surface area contributed by atoms with Crippen LogP contribution in [-0.2, 0) is 4.74 Å². The van der Waals surface area contributed by atoms with Crippen LogP contribution in [-0.4, -0.2) is 30.1 Å². The molecule has 1 unspecified atom stereocenters. The monoisotopic (exact) mass is 386 g/mol. The maximum atomic E-state index is 14.4. The molecule has 5 nitrogen and oxygen atoms in total. The summed E-state index contributed by atoms with van der Waals surface area (Å²) in [5, 5.41) is 5.86. The maximum absolute atomic E-state index is 14.4. The molecule has 0 fully saturated rings. The summed E-state index contributed by atoms with van der Waals surface area (Å²) in [6.45, 7) is 9.25. The highest BCUT2D eigenvalue weighted by Crippen LogP contribution is 2.22. The van der Waals surface area contributed by atoms with Gasteiger partial charge in [-0.2, -0.15) is 0 Å². The Labute approximate surface area is 165 Å². The van der Waals surface area contributed by atoms with Crippen molar-refractivity contribution in [3.63, 3.8) is 0 Å². The molecule has 0 aromatic heterocycles. The van der Waals surface area contributed by atoms with Crippen LogP contribution in [0.1, 0.15) is 43.6 Å². The first-order chi connectivity index (χ1) is 13.0. The summed E-state index contributed by atoms with van der Waals surface area (Å²) in [6.07, 6.45) is 9.26. The summed E-state index contributed by atoms with van der Waals surface area (Å²) < 4.78 is 19.8. The minimum absolute atomic E-state index is 0.0495.